The average molecular weight is 1260 g/mol. The van der Waals surface area contributed by atoms with E-state index < -0.39 is 63.3 Å². The third kappa shape index (κ3) is 9.88. The molecule has 0 amide bonds. The van der Waals surface area contributed by atoms with Gasteiger partial charge in [-0.3, -0.25) is 19.9 Å². The zero-order valence-corrected chi connectivity index (χ0v) is 49.8. The number of pyridine rings is 4. The molecule has 0 fully saturated rings. The van der Waals surface area contributed by atoms with Crippen LogP contribution in [0.5, 0.6) is 0 Å². The first-order chi connectivity index (χ1) is 46.4. The minimum atomic E-state index is -5.23. The van der Waals surface area contributed by atoms with E-state index in [1.807, 2.05) is 170 Å². The summed E-state index contributed by atoms with van der Waals surface area (Å²) in [7, 11) is 0. The smallest absolute Gasteiger partial charge is 0.308 e. The van der Waals surface area contributed by atoms with Gasteiger partial charge in [-0.15, -0.1) is 0 Å². The number of halogens is 8. The lowest BCUT2D eigenvalue weighted by molar-refractivity contribution is -0.137. The van der Waals surface area contributed by atoms with Crippen LogP contribution in [-0.2, 0) is 6.18 Å². The number of hydrogen-bond donors (Lipinski definition) is 0. The summed E-state index contributed by atoms with van der Waals surface area (Å²) >= 11 is 0. The number of aromatic nitrogens is 6. The van der Waals surface area contributed by atoms with Gasteiger partial charge >= 0.3 is 6.18 Å². The number of benzene rings is 10. The predicted octanol–water partition coefficient (Wildman–Crippen LogP) is 22.2. The average Bonchev–Trinajstić information content (AvgIpc) is 1.62. The second-order valence-corrected chi connectivity index (χ2v) is 23.0. The molecule has 10 aromatic carbocycles. The number of hydrogen-bond acceptors (Lipinski definition) is 4. The Morgan fingerprint density at radius 3 is 0.779 bits per heavy atom. The number of rotatable bonds is 11. The molecule has 16 aromatic rings. The van der Waals surface area contributed by atoms with Crippen LogP contribution in [0, 0.1) is 29.1 Å². The van der Waals surface area contributed by atoms with E-state index in [-0.39, 0.29) is 22.1 Å². The third-order valence-corrected chi connectivity index (χ3v) is 17.6. The van der Waals surface area contributed by atoms with Crippen molar-refractivity contribution >= 4 is 43.6 Å². The van der Waals surface area contributed by atoms with Gasteiger partial charge in [0.2, 0.25) is 5.82 Å². The predicted molar refractivity (Wildman–Crippen MR) is 360 cm³/mol. The SMILES string of the molecule is Fc1c(F)c(F)c(-c2c(-n3c4cc(-c5cccnc5-c5ccccc5)ccc4c4ccc(-c5cccnc5-c5ccccc5)cc43)cc(C(F)(F)F)cc2-n2c3cc(-c4cccnc4-c4ccccc4)ccc3c3ccc(-c4cccnc4-c4ccccc4)cc32)c(F)c1F. The lowest BCUT2D eigenvalue weighted by Crippen LogP contribution is -2.13. The summed E-state index contributed by atoms with van der Waals surface area (Å²) in [5.41, 5.74) is 6.10. The van der Waals surface area contributed by atoms with E-state index in [0.29, 0.717) is 88.8 Å². The first-order valence-electron chi connectivity index (χ1n) is 30.4. The van der Waals surface area contributed by atoms with Crippen LogP contribution < -0.4 is 0 Å². The zero-order chi connectivity index (χ0) is 64.6. The van der Waals surface area contributed by atoms with Crippen LogP contribution >= 0.6 is 0 Å². The van der Waals surface area contributed by atoms with Crippen LogP contribution in [0.2, 0.25) is 0 Å². The maximum atomic E-state index is 17.9. The highest BCUT2D eigenvalue weighted by atomic mass is 19.4. The van der Waals surface area contributed by atoms with Crippen LogP contribution in [0.15, 0.2) is 280 Å². The van der Waals surface area contributed by atoms with E-state index in [0.717, 1.165) is 34.4 Å². The van der Waals surface area contributed by atoms with Crippen molar-refractivity contribution in [2.45, 2.75) is 6.18 Å². The van der Waals surface area contributed by atoms with Crippen LogP contribution in [0.4, 0.5) is 35.1 Å². The standard InChI is InChI=1S/C81H46F8N6/c82-72-71(73(83)75(85)76(86)74(72)84)70-68(94-64-41-51(56-25-13-37-90-77(56)47-17-5-1-6-18-47)29-33-60(64)61-34-30-52(42-65(61)94)57-26-14-38-91-78(57)48-19-7-2-8-20-48)45-55(81(87,88)89)46-69(70)95-66-43-53(58-27-15-39-92-79(58)49-21-9-3-10-22-49)31-35-62(66)63-36-32-54(44-67(63)95)59-28-16-40-93-80(59)50-23-11-4-12-24-50/h1-46H. The summed E-state index contributed by atoms with van der Waals surface area (Å²) in [4.78, 5) is 19.2. The second kappa shape index (κ2) is 23.2. The molecule has 6 aromatic heterocycles. The second-order valence-electron chi connectivity index (χ2n) is 23.0. The van der Waals surface area contributed by atoms with E-state index in [1.54, 1.807) is 97.6 Å². The summed E-state index contributed by atoms with van der Waals surface area (Å²) in [6.45, 7) is 0. The molecule has 0 aliphatic rings. The fraction of sp³-hybridized carbons (Fsp3) is 0.0123. The molecule has 0 saturated heterocycles. The molecule has 14 heteroatoms. The Labute approximate surface area is 537 Å². The Hall–Kier alpha value is -12.2. The third-order valence-electron chi connectivity index (χ3n) is 17.6. The van der Waals surface area contributed by atoms with Crippen LogP contribution in [-0.4, -0.2) is 29.1 Å². The van der Waals surface area contributed by atoms with E-state index in [2.05, 4.69) is 0 Å². The Balaban J connectivity index is 1.09. The molecule has 0 atom stereocenters. The largest absolute Gasteiger partial charge is 0.416 e. The number of fused-ring (bicyclic) bond motifs is 6. The zero-order valence-electron chi connectivity index (χ0n) is 49.8. The molecule has 6 nitrogen and oxygen atoms in total. The molecule has 0 spiro atoms. The fourth-order valence-corrected chi connectivity index (χ4v) is 13.3. The molecule has 0 N–H and O–H groups in total. The van der Waals surface area contributed by atoms with Crippen molar-refractivity contribution in [3.05, 3.63) is 314 Å². The van der Waals surface area contributed by atoms with Crippen molar-refractivity contribution in [1.29, 1.82) is 0 Å². The summed E-state index contributed by atoms with van der Waals surface area (Å²) < 4.78 is 138. The quantitative estimate of drug-likeness (QED) is 0.0735. The molecule has 0 aliphatic heterocycles. The van der Waals surface area contributed by atoms with Gasteiger partial charge in [-0.25, -0.2) is 22.0 Å². The van der Waals surface area contributed by atoms with E-state index in [4.69, 9.17) is 19.9 Å². The molecular weight excluding hydrogens is 1210 g/mol. The molecule has 0 unspecified atom stereocenters. The molecule has 0 radical (unpaired) electrons. The summed E-state index contributed by atoms with van der Waals surface area (Å²) in [5.74, 6) is -11.6. The molecule has 0 saturated carbocycles. The minimum absolute atomic E-state index is 0.212. The highest BCUT2D eigenvalue weighted by Gasteiger charge is 2.38. The molecule has 16 rings (SSSR count). The Morgan fingerprint density at radius 1 is 0.253 bits per heavy atom. The number of nitrogens with zero attached hydrogens (tertiary/aromatic N) is 6. The first-order valence-corrected chi connectivity index (χ1v) is 30.4. The summed E-state index contributed by atoms with van der Waals surface area (Å²) in [5, 5.41) is 1.89. The van der Waals surface area contributed by atoms with E-state index >= 15 is 35.1 Å². The van der Waals surface area contributed by atoms with Crippen LogP contribution in [0.3, 0.4) is 0 Å². The van der Waals surface area contributed by atoms with Gasteiger partial charge in [-0.1, -0.05) is 194 Å². The van der Waals surface area contributed by atoms with Gasteiger partial charge < -0.3 is 9.13 Å². The number of alkyl halides is 3. The summed E-state index contributed by atoms with van der Waals surface area (Å²) in [6.07, 6.45) is 1.34. The van der Waals surface area contributed by atoms with E-state index in [1.165, 1.54) is 9.13 Å². The molecule has 95 heavy (non-hydrogen) atoms. The van der Waals surface area contributed by atoms with Crippen molar-refractivity contribution in [3.8, 4) is 112 Å². The van der Waals surface area contributed by atoms with Crippen molar-refractivity contribution in [2.24, 2.45) is 0 Å². The normalized spacial score (nSPS) is 11.8. The van der Waals surface area contributed by atoms with Crippen LogP contribution in [0.1, 0.15) is 5.56 Å². The Kier molecular flexibility index (Phi) is 14.2. The van der Waals surface area contributed by atoms with Gasteiger partial charge in [0.25, 0.3) is 0 Å². The minimum Gasteiger partial charge on any atom is -0.308 e. The van der Waals surface area contributed by atoms with Gasteiger partial charge in [0.1, 0.15) is 0 Å². The highest BCUT2D eigenvalue weighted by Crippen LogP contribution is 2.50. The van der Waals surface area contributed by atoms with Gasteiger partial charge in [0.05, 0.1) is 67.3 Å². The van der Waals surface area contributed by atoms with Crippen LogP contribution in [0.25, 0.3) is 156 Å². The van der Waals surface area contributed by atoms with Crippen molar-refractivity contribution < 1.29 is 35.1 Å². The van der Waals surface area contributed by atoms with Crippen molar-refractivity contribution in [2.75, 3.05) is 0 Å². The highest BCUT2D eigenvalue weighted by molar-refractivity contribution is 6.15. The monoisotopic (exact) mass is 1250 g/mol. The maximum absolute atomic E-state index is 17.9. The van der Waals surface area contributed by atoms with E-state index in [9.17, 15) is 0 Å². The van der Waals surface area contributed by atoms with Gasteiger partial charge in [0, 0.05) is 96.4 Å². The molecule has 0 aliphatic carbocycles. The van der Waals surface area contributed by atoms with Crippen molar-refractivity contribution in [3.63, 3.8) is 0 Å². The fourth-order valence-electron chi connectivity index (χ4n) is 13.3. The molecule has 6 heterocycles. The van der Waals surface area contributed by atoms with Gasteiger partial charge in [0.15, 0.2) is 23.3 Å². The molecule has 0 bridgehead atoms. The van der Waals surface area contributed by atoms with Gasteiger partial charge in [-0.05, 0) is 82.9 Å². The topological polar surface area (TPSA) is 61.4 Å². The molecule has 456 valence electrons. The summed E-state index contributed by atoms with van der Waals surface area (Å²) in [6, 6.07) is 75.0. The lowest BCUT2D eigenvalue weighted by atomic mass is 9.95. The first kappa shape index (κ1) is 58.0. The van der Waals surface area contributed by atoms with Crippen molar-refractivity contribution in [1.82, 2.24) is 29.1 Å². The maximum Gasteiger partial charge on any atom is 0.416 e. The lowest BCUT2D eigenvalue weighted by Gasteiger charge is -2.24. The Morgan fingerprint density at radius 2 is 0.516 bits per heavy atom. The molecular formula is C81H46F8N6. The van der Waals surface area contributed by atoms with Gasteiger partial charge in [-0.2, -0.15) is 13.2 Å². The Bertz CT molecular complexity index is 5100.